The van der Waals surface area contributed by atoms with Crippen LogP contribution in [0.1, 0.15) is 38.2 Å². The van der Waals surface area contributed by atoms with E-state index in [4.69, 9.17) is 14.7 Å². The van der Waals surface area contributed by atoms with Crippen molar-refractivity contribution in [3.63, 3.8) is 0 Å². The quantitative estimate of drug-likeness (QED) is 0.658. The van der Waals surface area contributed by atoms with E-state index in [1.807, 2.05) is 18.2 Å². The lowest BCUT2D eigenvalue weighted by Gasteiger charge is -2.16. The predicted octanol–water partition coefficient (Wildman–Crippen LogP) is 4.44. The summed E-state index contributed by atoms with van der Waals surface area (Å²) in [5.41, 5.74) is 1.21. The minimum Gasteiger partial charge on any atom is -0.493 e. The zero-order valence-corrected chi connectivity index (χ0v) is 13.4. The van der Waals surface area contributed by atoms with Gasteiger partial charge in [-0.3, -0.25) is 0 Å². The molecule has 0 unspecified atom stereocenters. The number of hydrogen-bond acceptors (Lipinski definition) is 3. The Hall–Kier alpha value is -1.21. The van der Waals surface area contributed by atoms with E-state index in [0.29, 0.717) is 19.6 Å². The summed E-state index contributed by atoms with van der Waals surface area (Å²) in [6.45, 7) is 3.42. The fraction of sp³-hybridized carbons (Fsp3) is 0.562. The van der Waals surface area contributed by atoms with Crippen LogP contribution in [0.2, 0.25) is 0 Å². The largest absolute Gasteiger partial charge is 0.493 e. The molecule has 0 saturated heterocycles. The fourth-order valence-corrected chi connectivity index (χ4v) is 2.50. The lowest BCUT2D eigenvalue weighted by molar-refractivity contribution is 0.233. The smallest absolute Gasteiger partial charge is 0.127 e. The van der Waals surface area contributed by atoms with Crippen LogP contribution >= 0.6 is 15.9 Å². The van der Waals surface area contributed by atoms with Crippen molar-refractivity contribution in [2.45, 2.75) is 37.9 Å². The van der Waals surface area contributed by atoms with Gasteiger partial charge in [-0.1, -0.05) is 28.9 Å². The van der Waals surface area contributed by atoms with E-state index in [9.17, 15) is 0 Å². The molecule has 0 heterocycles. The van der Waals surface area contributed by atoms with Gasteiger partial charge in [-0.25, -0.2) is 0 Å². The monoisotopic (exact) mass is 337 g/mol. The molecule has 0 aromatic heterocycles. The molecule has 2 rings (SSSR count). The highest BCUT2D eigenvalue weighted by Crippen LogP contribution is 2.49. The fourth-order valence-electron chi connectivity index (χ4n) is 2.04. The van der Waals surface area contributed by atoms with Crippen LogP contribution in [0.25, 0.3) is 0 Å². The first-order chi connectivity index (χ1) is 9.73. The molecule has 1 saturated carbocycles. The van der Waals surface area contributed by atoms with Crippen LogP contribution in [0.4, 0.5) is 0 Å². The first-order valence-corrected chi connectivity index (χ1v) is 8.16. The predicted molar refractivity (Wildman–Crippen MR) is 82.3 cm³/mol. The highest BCUT2D eigenvalue weighted by Gasteiger charge is 2.43. The Morgan fingerprint density at radius 2 is 2.15 bits per heavy atom. The van der Waals surface area contributed by atoms with Crippen LogP contribution in [0.3, 0.4) is 0 Å². The molecule has 0 atom stereocenters. The van der Waals surface area contributed by atoms with E-state index >= 15 is 0 Å². The summed E-state index contributed by atoms with van der Waals surface area (Å²) in [5.74, 6) is 1.70. The van der Waals surface area contributed by atoms with Gasteiger partial charge in [0.05, 0.1) is 19.3 Å². The number of nitrogens with zero attached hydrogens (tertiary/aromatic N) is 1. The summed E-state index contributed by atoms with van der Waals surface area (Å²) in [6, 6.07) is 8.21. The maximum Gasteiger partial charge on any atom is 0.127 e. The number of alkyl halides is 1. The highest BCUT2D eigenvalue weighted by molar-refractivity contribution is 9.08. The van der Waals surface area contributed by atoms with Crippen molar-refractivity contribution in [3.8, 4) is 17.6 Å². The van der Waals surface area contributed by atoms with E-state index in [-0.39, 0.29) is 5.41 Å². The summed E-state index contributed by atoms with van der Waals surface area (Å²) >= 11 is 3.48. The molecule has 4 heteroatoms. The number of hydrogen-bond donors (Lipinski definition) is 0. The van der Waals surface area contributed by atoms with Gasteiger partial charge in [0, 0.05) is 28.8 Å². The summed E-state index contributed by atoms with van der Waals surface area (Å²) in [5, 5.41) is 9.60. The summed E-state index contributed by atoms with van der Waals surface area (Å²) in [7, 11) is 0. The van der Waals surface area contributed by atoms with Gasteiger partial charge >= 0.3 is 0 Å². The molecule has 20 heavy (non-hydrogen) atoms. The number of ether oxygens (including phenoxy) is 2. The zero-order chi connectivity index (χ0) is 14.4. The van der Waals surface area contributed by atoms with E-state index < -0.39 is 0 Å². The Labute approximate surface area is 129 Å². The van der Waals surface area contributed by atoms with Gasteiger partial charge in [-0.05, 0) is 25.3 Å². The molecular weight excluding hydrogens is 318 g/mol. The second-order valence-corrected chi connectivity index (χ2v) is 5.94. The molecule has 108 valence electrons. The summed E-state index contributed by atoms with van der Waals surface area (Å²) in [4.78, 5) is 0. The molecule has 1 fully saturated rings. The number of nitriles is 1. The third kappa shape index (κ3) is 3.89. The van der Waals surface area contributed by atoms with E-state index in [2.05, 4.69) is 28.9 Å². The lowest BCUT2D eigenvalue weighted by Crippen LogP contribution is -2.13. The molecule has 0 spiro atoms. The van der Waals surface area contributed by atoms with Crippen molar-refractivity contribution in [1.82, 2.24) is 0 Å². The highest BCUT2D eigenvalue weighted by atomic mass is 79.9. The van der Waals surface area contributed by atoms with Crippen molar-refractivity contribution in [2.75, 3.05) is 13.2 Å². The molecule has 0 aliphatic heterocycles. The Kier molecular flexibility index (Phi) is 5.31. The minimum atomic E-state index is 0.0958. The molecule has 1 aromatic rings. The number of rotatable bonds is 8. The molecular formula is C16H20BrNO2. The topological polar surface area (TPSA) is 42.2 Å². The third-order valence-electron chi connectivity index (χ3n) is 3.60. The van der Waals surface area contributed by atoms with Gasteiger partial charge in [0.25, 0.3) is 0 Å². The first kappa shape index (κ1) is 15.2. The van der Waals surface area contributed by atoms with Crippen LogP contribution in [0.5, 0.6) is 11.5 Å². The van der Waals surface area contributed by atoms with Crippen molar-refractivity contribution < 1.29 is 9.47 Å². The molecule has 1 aliphatic rings. The Balaban J connectivity index is 2.03. The molecule has 0 radical (unpaired) electrons. The maximum absolute atomic E-state index is 8.85. The van der Waals surface area contributed by atoms with Crippen LogP contribution in [0.15, 0.2) is 18.2 Å². The van der Waals surface area contributed by atoms with Gasteiger partial charge in [-0.2, -0.15) is 5.26 Å². The van der Waals surface area contributed by atoms with Gasteiger partial charge in [0.15, 0.2) is 0 Å². The van der Waals surface area contributed by atoms with Gasteiger partial charge in [-0.15, -0.1) is 0 Å². The minimum absolute atomic E-state index is 0.0958. The third-order valence-corrected chi connectivity index (χ3v) is 4.20. The number of halogens is 1. The van der Waals surface area contributed by atoms with E-state index in [1.165, 1.54) is 0 Å². The lowest BCUT2D eigenvalue weighted by atomic mass is 10.1. The normalized spacial score (nSPS) is 15.4. The number of benzene rings is 1. The van der Waals surface area contributed by atoms with E-state index in [1.54, 1.807) is 0 Å². The molecule has 1 aliphatic carbocycles. The van der Waals surface area contributed by atoms with Crippen LogP contribution < -0.4 is 9.47 Å². The Bertz CT molecular complexity index is 492. The van der Waals surface area contributed by atoms with Crippen LogP contribution in [-0.2, 0) is 5.33 Å². The van der Waals surface area contributed by atoms with Gasteiger partial charge in [0.2, 0.25) is 0 Å². The summed E-state index contributed by atoms with van der Waals surface area (Å²) in [6.07, 6.45) is 3.76. The Morgan fingerprint density at radius 3 is 2.75 bits per heavy atom. The molecule has 0 bridgehead atoms. The molecule has 3 nitrogen and oxygen atoms in total. The SMILES string of the molecule is CCCOc1ccc(CBr)c(OCC2(CC#N)CC2)c1. The van der Waals surface area contributed by atoms with E-state index in [0.717, 1.165) is 41.7 Å². The second kappa shape index (κ2) is 6.99. The average Bonchev–Trinajstić information content (AvgIpc) is 3.23. The standard InChI is InChI=1S/C16H20BrNO2/c1-2-9-19-14-4-3-13(11-17)15(10-14)20-12-16(5-6-16)7-8-18/h3-4,10H,2,5-7,9,11-12H2,1H3. The zero-order valence-electron chi connectivity index (χ0n) is 11.8. The second-order valence-electron chi connectivity index (χ2n) is 5.38. The van der Waals surface area contributed by atoms with Crippen molar-refractivity contribution in [3.05, 3.63) is 23.8 Å². The molecule has 1 aromatic carbocycles. The maximum atomic E-state index is 8.85. The van der Waals surface area contributed by atoms with Crippen LogP contribution in [0, 0.1) is 16.7 Å². The Morgan fingerprint density at radius 1 is 1.35 bits per heavy atom. The average molecular weight is 338 g/mol. The van der Waals surface area contributed by atoms with Gasteiger partial charge < -0.3 is 9.47 Å². The first-order valence-electron chi connectivity index (χ1n) is 7.04. The van der Waals surface area contributed by atoms with Gasteiger partial charge in [0.1, 0.15) is 11.5 Å². The van der Waals surface area contributed by atoms with Crippen molar-refractivity contribution in [2.24, 2.45) is 5.41 Å². The van der Waals surface area contributed by atoms with Crippen LogP contribution in [-0.4, -0.2) is 13.2 Å². The van der Waals surface area contributed by atoms with Crippen molar-refractivity contribution >= 4 is 15.9 Å². The molecule has 0 amide bonds. The molecule has 0 N–H and O–H groups in total. The summed E-state index contributed by atoms with van der Waals surface area (Å²) < 4.78 is 11.6. The van der Waals surface area contributed by atoms with Crippen molar-refractivity contribution in [1.29, 1.82) is 5.26 Å².